The number of ether oxygens (including phenoxy) is 1. The van der Waals surface area contributed by atoms with Crippen molar-refractivity contribution >= 4 is 0 Å². The highest BCUT2D eigenvalue weighted by molar-refractivity contribution is 5.03. The molecule has 0 bridgehead atoms. The van der Waals surface area contributed by atoms with E-state index in [1.807, 2.05) is 0 Å². The second-order valence-electron chi connectivity index (χ2n) is 4.78. The summed E-state index contributed by atoms with van der Waals surface area (Å²) >= 11 is 0. The van der Waals surface area contributed by atoms with E-state index < -0.39 is 48.4 Å². The van der Waals surface area contributed by atoms with Gasteiger partial charge in [0.2, 0.25) is 0 Å². The van der Waals surface area contributed by atoms with Crippen LogP contribution < -0.4 is 17.0 Å². The Morgan fingerprint density at radius 2 is 2.05 bits per heavy atom. The Bertz CT molecular complexity index is 595. The van der Waals surface area contributed by atoms with Crippen molar-refractivity contribution in [3.63, 3.8) is 0 Å². The van der Waals surface area contributed by atoms with Crippen LogP contribution >= 0.6 is 0 Å². The van der Waals surface area contributed by atoms with E-state index in [9.17, 15) is 19.8 Å². The van der Waals surface area contributed by atoms with Crippen LogP contribution in [0.1, 0.15) is 11.8 Å². The van der Waals surface area contributed by atoms with E-state index in [1.54, 1.807) is 0 Å². The summed E-state index contributed by atoms with van der Waals surface area (Å²) in [4.78, 5) is 25.2. The predicted molar refractivity (Wildman–Crippen MR) is 67.0 cm³/mol. The summed E-state index contributed by atoms with van der Waals surface area (Å²) in [6, 6.07) is -1.09. The van der Waals surface area contributed by atoms with E-state index in [1.165, 1.54) is 13.1 Å². The molecule has 0 saturated carbocycles. The quantitative estimate of drug-likeness (QED) is 0.384. The van der Waals surface area contributed by atoms with Gasteiger partial charge in [-0.05, 0) is 6.92 Å². The third kappa shape index (κ3) is 2.41. The summed E-state index contributed by atoms with van der Waals surface area (Å²) in [6.07, 6.45) is -3.65. The number of hydrogen-bond donors (Lipinski definition) is 5. The monoisotopic (exact) mass is 287 g/mol. The van der Waals surface area contributed by atoms with Crippen LogP contribution in [0.25, 0.3) is 0 Å². The van der Waals surface area contributed by atoms with Gasteiger partial charge in [0.25, 0.3) is 5.56 Å². The largest absolute Gasteiger partial charge is 0.394 e. The summed E-state index contributed by atoms with van der Waals surface area (Å²) in [5, 5.41) is 28.6. The Morgan fingerprint density at radius 3 is 2.65 bits per heavy atom. The van der Waals surface area contributed by atoms with Crippen LogP contribution in [0.2, 0.25) is 0 Å². The molecule has 0 aromatic carbocycles. The molecule has 0 spiro atoms. The van der Waals surface area contributed by atoms with Gasteiger partial charge in [0.1, 0.15) is 18.3 Å². The fourth-order valence-corrected chi connectivity index (χ4v) is 2.14. The molecular formula is C11H17N3O6. The second kappa shape index (κ2) is 5.46. The van der Waals surface area contributed by atoms with Gasteiger partial charge >= 0.3 is 5.69 Å². The highest BCUT2D eigenvalue weighted by Crippen LogP contribution is 2.25. The Hall–Kier alpha value is -1.52. The van der Waals surface area contributed by atoms with E-state index in [0.717, 1.165) is 4.57 Å². The SMILES string of the molecule is Cc1cn([C@@H]2O[C@@H](CO)[C@@H](O)[C@@H](O)[C@@H]2N)c(=O)[nH]c1=O. The van der Waals surface area contributed by atoms with Crippen LogP contribution in [0.15, 0.2) is 15.8 Å². The van der Waals surface area contributed by atoms with Crippen molar-refractivity contribution in [3.05, 3.63) is 32.6 Å². The molecule has 1 saturated heterocycles. The lowest BCUT2D eigenvalue weighted by Crippen LogP contribution is -2.61. The van der Waals surface area contributed by atoms with E-state index in [2.05, 4.69) is 4.98 Å². The zero-order valence-corrected chi connectivity index (χ0v) is 10.8. The summed E-state index contributed by atoms with van der Waals surface area (Å²) in [7, 11) is 0. The maximum atomic E-state index is 11.8. The topological polar surface area (TPSA) is 151 Å². The van der Waals surface area contributed by atoms with E-state index in [0.29, 0.717) is 0 Å². The lowest BCUT2D eigenvalue weighted by Gasteiger charge is -2.41. The molecule has 9 nitrogen and oxygen atoms in total. The van der Waals surface area contributed by atoms with Gasteiger partial charge in [-0.2, -0.15) is 0 Å². The lowest BCUT2D eigenvalue weighted by atomic mass is 9.97. The number of nitrogens with two attached hydrogens (primary N) is 1. The van der Waals surface area contributed by atoms with Crippen LogP contribution in [-0.4, -0.2) is 55.8 Å². The molecule has 0 unspecified atom stereocenters. The van der Waals surface area contributed by atoms with E-state index in [-0.39, 0.29) is 5.56 Å². The number of nitrogens with zero attached hydrogens (tertiary/aromatic N) is 1. The molecule has 1 fully saturated rings. The average Bonchev–Trinajstić information content (AvgIpc) is 2.41. The molecule has 20 heavy (non-hydrogen) atoms. The number of aromatic nitrogens is 2. The van der Waals surface area contributed by atoms with Gasteiger partial charge in [-0.15, -0.1) is 0 Å². The molecular weight excluding hydrogens is 270 g/mol. The molecule has 6 N–H and O–H groups in total. The third-order valence-electron chi connectivity index (χ3n) is 3.37. The first kappa shape index (κ1) is 14.9. The molecule has 0 aliphatic carbocycles. The molecule has 0 radical (unpaired) electrons. The van der Waals surface area contributed by atoms with Crippen molar-refractivity contribution in [1.82, 2.24) is 9.55 Å². The Labute approximate surface area is 113 Å². The van der Waals surface area contributed by atoms with Crippen molar-refractivity contribution in [3.8, 4) is 0 Å². The molecule has 112 valence electrons. The molecule has 1 aliphatic heterocycles. The molecule has 1 aromatic heterocycles. The summed E-state index contributed by atoms with van der Waals surface area (Å²) in [5.41, 5.74) is 4.73. The molecule has 2 rings (SSSR count). The second-order valence-corrected chi connectivity index (χ2v) is 4.78. The molecule has 9 heteroatoms. The Morgan fingerprint density at radius 1 is 1.40 bits per heavy atom. The van der Waals surface area contributed by atoms with Crippen LogP contribution in [0.5, 0.6) is 0 Å². The minimum Gasteiger partial charge on any atom is -0.394 e. The molecule has 1 aromatic rings. The van der Waals surface area contributed by atoms with Crippen LogP contribution in [-0.2, 0) is 4.74 Å². The smallest absolute Gasteiger partial charge is 0.330 e. The maximum Gasteiger partial charge on any atom is 0.330 e. The van der Waals surface area contributed by atoms with E-state index in [4.69, 9.17) is 15.6 Å². The van der Waals surface area contributed by atoms with E-state index >= 15 is 0 Å². The predicted octanol–water partition coefficient (Wildman–Crippen LogP) is -3.22. The highest BCUT2D eigenvalue weighted by atomic mass is 16.5. The Balaban J connectivity index is 2.44. The van der Waals surface area contributed by atoms with Crippen LogP contribution in [0.3, 0.4) is 0 Å². The van der Waals surface area contributed by atoms with Gasteiger partial charge in [0.05, 0.1) is 12.6 Å². The molecule has 0 amide bonds. The van der Waals surface area contributed by atoms with Crippen molar-refractivity contribution in [1.29, 1.82) is 0 Å². The normalized spacial score (nSPS) is 34.1. The first-order valence-electron chi connectivity index (χ1n) is 6.07. The highest BCUT2D eigenvalue weighted by Gasteiger charge is 2.43. The standard InChI is InChI=1S/C11H17N3O6/c1-4-2-14(11(19)13-9(4)18)10-6(12)8(17)7(16)5(3-15)20-10/h2,5-8,10,15-17H,3,12H2,1H3,(H,13,18,19)/t5-,6-,7+,8-,10+/m0/s1. The number of aliphatic hydroxyl groups excluding tert-OH is 3. The van der Waals surface area contributed by atoms with Crippen molar-refractivity contribution in [2.75, 3.05) is 6.61 Å². The summed E-state index contributed by atoms with van der Waals surface area (Å²) in [6.45, 7) is 0.955. The maximum absolute atomic E-state index is 11.8. The fraction of sp³-hybridized carbons (Fsp3) is 0.636. The average molecular weight is 287 g/mol. The van der Waals surface area contributed by atoms with Gasteiger partial charge in [0, 0.05) is 11.8 Å². The lowest BCUT2D eigenvalue weighted by molar-refractivity contribution is -0.211. The number of aromatic amines is 1. The number of nitrogens with one attached hydrogen (secondary N) is 1. The van der Waals surface area contributed by atoms with Gasteiger partial charge in [-0.1, -0.05) is 0 Å². The first-order valence-corrected chi connectivity index (χ1v) is 6.07. The molecule has 5 atom stereocenters. The van der Waals surface area contributed by atoms with Crippen LogP contribution in [0.4, 0.5) is 0 Å². The number of H-pyrrole nitrogens is 1. The Kier molecular flexibility index (Phi) is 4.06. The summed E-state index contributed by atoms with van der Waals surface area (Å²) in [5.74, 6) is 0. The van der Waals surface area contributed by atoms with Crippen molar-refractivity contribution < 1.29 is 20.1 Å². The molecule has 1 aliphatic rings. The minimum atomic E-state index is -1.37. The van der Waals surface area contributed by atoms with Gasteiger partial charge in [0.15, 0.2) is 6.23 Å². The minimum absolute atomic E-state index is 0.265. The zero-order chi connectivity index (χ0) is 15.0. The molecule has 2 heterocycles. The number of rotatable bonds is 2. The fourth-order valence-electron chi connectivity index (χ4n) is 2.14. The van der Waals surface area contributed by atoms with Crippen LogP contribution in [0, 0.1) is 6.92 Å². The van der Waals surface area contributed by atoms with Gasteiger partial charge in [-0.3, -0.25) is 14.3 Å². The van der Waals surface area contributed by atoms with Gasteiger partial charge in [-0.25, -0.2) is 4.79 Å². The first-order chi connectivity index (χ1) is 9.36. The van der Waals surface area contributed by atoms with Crippen molar-refractivity contribution in [2.45, 2.75) is 37.5 Å². The summed E-state index contributed by atoms with van der Waals surface area (Å²) < 4.78 is 6.38. The van der Waals surface area contributed by atoms with Gasteiger partial charge < -0.3 is 25.8 Å². The third-order valence-corrected chi connectivity index (χ3v) is 3.37. The number of hydrogen-bond acceptors (Lipinski definition) is 7. The van der Waals surface area contributed by atoms with Crippen molar-refractivity contribution in [2.24, 2.45) is 5.73 Å². The number of aryl methyl sites for hydroxylation is 1. The number of aliphatic hydroxyl groups is 3. The zero-order valence-electron chi connectivity index (χ0n) is 10.8.